The molecule has 0 aromatic heterocycles. The monoisotopic (exact) mass is 221 g/mol. The molecule has 1 rings (SSSR count). The summed E-state index contributed by atoms with van der Waals surface area (Å²) in [6, 6.07) is 4.93. The molecule has 1 aromatic carbocycles. The van der Waals surface area contributed by atoms with Crippen molar-refractivity contribution in [1.82, 2.24) is 0 Å². The fraction of sp³-hybridized carbons (Fsp3) is 0.333. The van der Waals surface area contributed by atoms with E-state index in [9.17, 15) is 9.59 Å². The lowest BCUT2D eigenvalue weighted by molar-refractivity contribution is -0.115. The number of anilines is 1. The molecule has 0 saturated heterocycles. The highest BCUT2D eigenvalue weighted by molar-refractivity contribution is 5.93. The van der Waals surface area contributed by atoms with Crippen molar-refractivity contribution in [3.8, 4) is 5.75 Å². The third-order valence-electron chi connectivity index (χ3n) is 2.03. The van der Waals surface area contributed by atoms with Gasteiger partial charge < -0.3 is 10.1 Å². The number of rotatable bonds is 5. The molecule has 4 nitrogen and oxygen atoms in total. The number of aldehydes is 1. The van der Waals surface area contributed by atoms with Crippen molar-refractivity contribution in [2.75, 3.05) is 11.9 Å². The fourth-order valence-corrected chi connectivity index (χ4v) is 1.24. The lowest BCUT2D eigenvalue weighted by atomic mass is 10.2. The Hall–Kier alpha value is -1.84. The number of hydrogen-bond acceptors (Lipinski definition) is 3. The van der Waals surface area contributed by atoms with Crippen LogP contribution in [0.25, 0.3) is 0 Å². The van der Waals surface area contributed by atoms with Crippen LogP contribution in [0.15, 0.2) is 18.2 Å². The average Bonchev–Trinajstić information content (AvgIpc) is 2.31. The zero-order valence-electron chi connectivity index (χ0n) is 9.45. The Labute approximate surface area is 94.6 Å². The molecular formula is C12H15NO3. The van der Waals surface area contributed by atoms with E-state index in [2.05, 4.69) is 5.32 Å². The maximum absolute atomic E-state index is 11.3. The van der Waals surface area contributed by atoms with E-state index in [1.54, 1.807) is 25.1 Å². The molecular weight excluding hydrogens is 206 g/mol. The molecule has 86 valence electrons. The number of amides is 1. The van der Waals surface area contributed by atoms with Crippen molar-refractivity contribution < 1.29 is 14.3 Å². The van der Waals surface area contributed by atoms with Crippen LogP contribution in [0.2, 0.25) is 0 Å². The van der Waals surface area contributed by atoms with Crippen molar-refractivity contribution in [2.24, 2.45) is 0 Å². The zero-order chi connectivity index (χ0) is 12.0. The predicted molar refractivity (Wildman–Crippen MR) is 61.9 cm³/mol. The van der Waals surface area contributed by atoms with Gasteiger partial charge >= 0.3 is 0 Å². The van der Waals surface area contributed by atoms with Crippen LogP contribution in [0.4, 0.5) is 5.69 Å². The van der Waals surface area contributed by atoms with Crippen LogP contribution in [-0.4, -0.2) is 18.8 Å². The number of carbonyl (C=O) groups is 2. The van der Waals surface area contributed by atoms with Gasteiger partial charge in [0.25, 0.3) is 0 Å². The second kappa shape index (κ2) is 5.90. The summed E-state index contributed by atoms with van der Waals surface area (Å²) in [7, 11) is 0. The molecule has 4 heteroatoms. The molecule has 0 saturated carbocycles. The van der Waals surface area contributed by atoms with Crippen molar-refractivity contribution in [3.05, 3.63) is 23.8 Å². The Morgan fingerprint density at radius 1 is 1.44 bits per heavy atom. The second-order valence-electron chi connectivity index (χ2n) is 3.21. The van der Waals surface area contributed by atoms with E-state index in [1.807, 2.05) is 6.92 Å². The number of benzene rings is 1. The molecule has 0 fully saturated rings. The highest BCUT2D eigenvalue weighted by atomic mass is 16.5. The van der Waals surface area contributed by atoms with Gasteiger partial charge in [0.2, 0.25) is 5.91 Å². The van der Waals surface area contributed by atoms with E-state index in [1.165, 1.54) is 0 Å². The molecule has 0 aliphatic rings. The lowest BCUT2D eigenvalue weighted by Gasteiger charge is -2.11. The summed E-state index contributed by atoms with van der Waals surface area (Å²) in [6.45, 7) is 4.13. The van der Waals surface area contributed by atoms with Crippen molar-refractivity contribution in [2.45, 2.75) is 20.3 Å². The Morgan fingerprint density at radius 3 is 2.75 bits per heavy atom. The van der Waals surface area contributed by atoms with Crippen molar-refractivity contribution in [1.29, 1.82) is 0 Å². The Kier molecular flexibility index (Phi) is 4.51. The predicted octanol–water partition coefficient (Wildman–Crippen LogP) is 2.25. The first-order chi connectivity index (χ1) is 7.71. The van der Waals surface area contributed by atoms with Gasteiger partial charge in [0, 0.05) is 12.0 Å². The lowest BCUT2D eigenvalue weighted by Crippen LogP contribution is -2.11. The van der Waals surface area contributed by atoms with Crippen molar-refractivity contribution in [3.63, 3.8) is 0 Å². The standard InChI is InChI=1S/C12H15NO3/c1-3-12(15)13-10-7-9(8-14)5-6-11(10)16-4-2/h5-8H,3-4H2,1-2H3,(H,13,15). The topological polar surface area (TPSA) is 55.4 Å². The van der Waals surface area contributed by atoms with Crippen LogP contribution in [-0.2, 0) is 4.79 Å². The van der Waals surface area contributed by atoms with Gasteiger partial charge in [-0.1, -0.05) is 6.92 Å². The first-order valence-electron chi connectivity index (χ1n) is 5.23. The first kappa shape index (κ1) is 12.2. The Balaban J connectivity index is 2.99. The van der Waals surface area contributed by atoms with Gasteiger partial charge in [-0.25, -0.2) is 0 Å². The zero-order valence-corrected chi connectivity index (χ0v) is 9.45. The van der Waals surface area contributed by atoms with Crippen LogP contribution < -0.4 is 10.1 Å². The quantitative estimate of drug-likeness (QED) is 0.776. The normalized spacial score (nSPS) is 9.62. The molecule has 0 atom stereocenters. The van der Waals surface area contributed by atoms with Crippen LogP contribution in [0.3, 0.4) is 0 Å². The van der Waals surface area contributed by atoms with Crippen LogP contribution in [0.1, 0.15) is 30.6 Å². The molecule has 0 aliphatic carbocycles. The van der Waals surface area contributed by atoms with E-state index in [0.29, 0.717) is 30.0 Å². The van der Waals surface area contributed by atoms with Gasteiger partial charge in [-0.2, -0.15) is 0 Å². The van der Waals surface area contributed by atoms with Crippen LogP contribution >= 0.6 is 0 Å². The molecule has 0 unspecified atom stereocenters. The number of nitrogens with one attached hydrogen (secondary N) is 1. The summed E-state index contributed by atoms with van der Waals surface area (Å²) >= 11 is 0. The van der Waals surface area contributed by atoms with Gasteiger partial charge in [0.05, 0.1) is 12.3 Å². The summed E-state index contributed by atoms with van der Waals surface area (Å²) < 4.78 is 5.35. The maximum atomic E-state index is 11.3. The molecule has 0 spiro atoms. The number of carbonyl (C=O) groups excluding carboxylic acids is 2. The van der Waals surface area contributed by atoms with Gasteiger partial charge in [-0.05, 0) is 25.1 Å². The first-order valence-corrected chi connectivity index (χ1v) is 5.23. The number of hydrogen-bond donors (Lipinski definition) is 1. The minimum atomic E-state index is -0.107. The second-order valence-corrected chi connectivity index (χ2v) is 3.21. The summed E-state index contributed by atoms with van der Waals surface area (Å²) in [6.07, 6.45) is 1.12. The molecule has 0 heterocycles. The van der Waals surface area contributed by atoms with Gasteiger partial charge in [-0.3, -0.25) is 9.59 Å². The average molecular weight is 221 g/mol. The van der Waals surface area contributed by atoms with E-state index < -0.39 is 0 Å². The highest BCUT2D eigenvalue weighted by Gasteiger charge is 2.07. The maximum Gasteiger partial charge on any atom is 0.224 e. The number of ether oxygens (including phenoxy) is 1. The molecule has 16 heavy (non-hydrogen) atoms. The fourth-order valence-electron chi connectivity index (χ4n) is 1.24. The summed E-state index contributed by atoms with van der Waals surface area (Å²) in [5.41, 5.74) is 1.05. The molecule has 0 aliphatic heterocycles. The third-order valence-corrected chi connectivity index (χ3v) is 2.03. The minimum Gasteiger partial charge on any atom is -0.492 e. The molecule has 1 amide bonds. The van der Waals surface area contributed by atoms with E-state index in [0.717, 1.165) is 6.29 Å². The minimum absolute atomic E-state index is 0.107. The van der Waals surface area contributed by atoms with E-state index in [4.69, 9.17) is 4.74 Å². The summed E-state index contributed by atoms with van der Waals surface area (Å²) in [5.74, 6) is 0.471. The van der Waals surface area contributed by atoms with Gasteiger partial charge in [0.15, 0.2) is 0 Å². The Bertz CT molecular complexity index is 388. The van der Waals surface area contributed by atoms with Gasteiger partial charge in [-0.15, -0.1) is 0 Å². The summed E-state index contributed by atoms with van der Waals surface area (Å²) in [5, 5.41) is 2.70. The SMILES string of the molecule is CCOc1ccc(C=O)cc1NC(=O)CC. The van der Waals surface area contributed by atoms with Gasteiger partial charge in [0.1, 0.15) is 12.0 Å². The van der Waals surface area contributed by atoms with Crippen molar-refractivity contribution >= 4 is 17.9 Å². The van der Waals surface area contributed by atoms with E-state index >= 15 is 0 Å². The molecule has 0 radical (unpaired) electrons. The molecule has 1 aromatic rings. The molecule has 1 N–H and O–H groups in total. The van der Waals surface area contributed by atoms with Crippen LogP contribution in [0.5, 0.6) is 5.75 Å². The summed E-state index contributed by atoms with van der Waals surface area (Å²) in [4.78, 5) is 21.9. The molecule has 0 bridgehead atoms. The smallest absolute Gasteiger partial charge is 0.224 e. The highest BCUT2D eigenvalue weighted by Crippen LogP contribution is 2.25. The third kappa shape index (κ3) is 3.08. The largest absolute Gasteiger partial charge is 0.492 e. The van der Waals surface area contributed by atoms with E-state index in [-0.39, 0.29) is 5.91 Å². The Morgan fingerprint density at radius 2 is 2.19 bits per heavy atom. The van der Waals surface area contributed by atoms with Crippen LogP contribution in [0, 0.1) is 0 Å².